The van der Waals surface area contributed by atoms with E-state index in [2.05, 4.69) is 20.9 Å². The molecule has 0 heterocycles. The van der Waals surface area contributed by atoms with Crippen molar-refractivity contribution in [2.24, 2.45) is 4.99 Å². The van der Waals surface area contributed by atoms with Crippen LogP contribution in [0, 0.1) is 0 Å². The first-order valence-electron chi connectivity index (χ1n) is 8.60. The minimum Gasteiger partial charge on any atom is -0.382 e. The molecule has 0 atom stereocenters. The standard InChI is InChI=1S/C18H30N4O2.HI/c1-4-10-20-17(23)16-9-6-8-15(13-16)14-22-18(19-3)21-11-7-12-24-5-2;/h6,8-9,13H,4-5,7,10-12,14H2,1-3H3,(H,20,23)(H2,19,21,22);1H. The number of nitrogens with one attached hydrogen (secondary N) is 3. The smallest absolute Gasteiger partial charge is 0.251 e. The van der Waals surface area contributed by atoms with Crippen molar-refractivity contribution < 1.29 is 9.53 Å². The molecule has 142 valence electrons. The fourth-order valence-electron chi connectivity index (χ4n) is 2.09. The van der Waals surface area contributed by atoms with Crippen molar-refractivity contribution in [3.8, 4) is 0 Å². The summed E-state index contributed by atoms with van der Waals surface area (Å²) in [4.78, 5) is 16.2. The van der Waals surface area contributed by atoms with E-state index in [1.165, 1.54) is 0 Å². The normalized spacial score (nSPS) is 10.8. The van der Waals surface area contributed by atoms with Crippen LogP contribution in [0.25, 0.3) is 0 Å². The van der Waals surface area contributed by atoms with Gasteiger partial charge in [-0.05, 0) is 37.5 Å². The predicted octanol–water partition coefficient (Wildman–Crippen LogP) is 2.54. The van der Waals surface area contributed by atoms with Crippen LogP contribution >= 0.6 is 24.0 Å². The molecule has 0 saturated carbocycles. The van der Waals surface area contributed by atoms with E-state index < -0.39 is 0 Å². The van der Waals surface area contributed by atoms with Crippen LogP contribution in [0.2, 0.25) is 0 Å². The topological polar surface area (TPSA) is 74.8 Å². The van der Waals surface area contributed by atoms with Gasteiger partial charge in [0.05, 0.1) is 0 Å². The van der Waals surface area contributed by atoms with Gasteiger partial charge in [0.25, 0.3) is 5.91 Å². The third kappa shape index (κ3) is 10.3. The van der Waals surface area contributed by atoms with Gasteiger partial charge < -0.3 is 20.7 Å². The average molecular weight is 462 g/mol. The highest BCUT2D eigenvalue weighted by Gasteiger charge is 2.05. The Hall–Kier alpha value is -1.35. The highest BCUT2D eigenvalue weighted by Crippen LogP contribution is 2.05. The SMILES string of the molecule is CCCNC(=O)c1cccc(CNC(=NC)NCCCOCC)c1.I. The Bertz CT molecular complexity index is 524. The summed E-state index contributed by atoms with van der Waals surface area (Å²) in [6, 6.07) is 7.62. The minimum atomic E-state index is -0.0304. The second-order valence-electron chi connectivity index (χ2n) is 5.36. The largest absolute Gasteiger partial charge is 0.382 e. The number of hydrogen-bond acceptors (Lipinski definition) is 3. The summed E-state index contributed by atoms with van der Waals surface area (Å²) in [6.45, 7) is 7.63. The highest BCUT2D eigenvalue weighted by molar-refractivity contribution is 14.0. The molecular weight excluding hydrogens is 431 g/mol. The van der Waals surface area contributed by atoms with Crippen LogP contribution in [0.5, 0.6) is 0 Å². The first-order chi connectivity index (χ1) is 11.7. The molecule has 3 N–H and O–H groups in total. The van der Waals surface area contributed by atoms with Crippen molar-refractivity contribution in [2.45, 2.75) is 33.2 Å². The van der Waals surface area contributed by atoms with E-state index in [4.69, 9.17) is 4.74 Å². The summed E-state index contributed by atoms with van der Waals surface area (Å²) >= 11 is 0. The second-order valence-corrected chi connectivity index (χ2v) is 5.36. The molecule has 0 aliphatic carbocycles. The fraction of sp³-hybridized carbons (Fsp3) is 0.556. The Morgan fingerprint density at radius 1 is 1.16 bits per heavy atom. The number of amides is 1. The number of hydrogen-bond donors (Lipinski definition) is 3. The fourth-order valence-corrected chi connectivity index (χ4v) is 2.09. The number of halogens is 1. The van der Waals surface area contributed by atoms with Gasteiger partial charge in [0, 0.05) is 45.5 Å². The van der Waals surface area contributed by atoms with Crippen LogP contribution in [-0.2, 0) is 11.3 Å². The zero-order valence-corrected chi connectivity index (χ0v) is 17.8. The molecular formula is C18H31IN4O2. The maximum Gasteiger partial charge on any atom is 0.251 e. The molecule has 1 aromatic carbocycles. The first kappa shape index (κ1) is 23.6. The summed E-state index contributed by atoms with van der Waals surface area (Å²) in [7, 11) is 1.74. The number of ether oxygens (including phenoxy) is 1. The maximum absolute atomic E-state index is 12.0. The Labute approximate surface area is 168 Å². The van der Waals surface area contributed by atoms with Crippen molar-refractivity contribution in [1.29, 1.82) is 0 Å². The number of carbonyl (C=O) groups excluding carboxylic acids is 1. The van der Waals surface area contributed by atoms with Crippen LogP contribution in [-0.4, -0.2) is 45.2 Å². The molecule has 0 aliphatic heterocycles. The monoisotopic (exact) mass is 462 g/mol. The number of guanidine groups is 1. The van der Waals surface area contributed by atoms with Crippen LogP contribution in [0.1, 0.15) is 42.6 Å². The molecule has 1 aromatic rings. The molecule has 0 saturated heterocycles. The Morgan fingerprint density at radius 3 is 2.64 bits per heavy atom. The third-order valence-corrected chi connectivity index (χ3v) is 3.37. The van der Waals surface area contributed by atoms with E-state index in [9.17, 15) is 4.79 Å². The lowest BCUT2D eigenvalue weighted by atomic mass is 10.1. The van der Waals surface area contributed by atoms with Crippen LogP contribution in [0.15, 0.2) is 29.3 Å². The van der Waals surface area contributed by atoms with Gasteiger partial charge in [-0.15, -0.1) is 24.0 Å². The van der Waals surface area contributed by atoms with E-state index in [-0.39, 0.29) is 29.9 Å². The average Bonchev–Trinajstić information content (AvgIpc) is 2.62. The summed E-state index contributed by atoms with van der Waals surface area (Å²) in [6.07, 6.45) is 1.86. The molecule has 6 nitrogen and oxygen atoms in total. The van der Waals surface area contributed by atoms with Crippen LogP contribution < -0.4 is 16.0 Å². The van der Waals surface area contributed by atoms with Gasteiger partial charge in [-0.2, -0.15) is 0 Å². The summed E-state index contributed by atoms with van der Waals surface area (Å²) in [5, 5.41) is 9.39. The van der Waals surface area contributed by atoms with Crippen LogP contribution in [0.3, 0.4) is 0 Å². The van der Waals surface area contributed by atoms with Gasteiger partial charge in [-0.25, -0.2) is 0 Å². The quantitative estimate of drug-likeness (QED) is 0.216. The molecule has 0 aromatic heterocycles. The number of benzene rings is 1. The lowest BCUT2D eigenvalue weighted by Gasteiger charge is -2.12. The molecule has 0 aliphatic rings. The highest BCUT2D eigenvalue weighted by atomic mass is 127. The molecule has 0 bridgehead atoms. The molecule has 1 rings (SSSR count). The molecule has 0 radical (unpaired) electrons. The van der Waals surface area contributed by atoms with E-state index >= 15 is 0 Å². The molecule has 0 spiro atoms. The van der Waals surface area contributed by atoms with Crippen molar-refractivity contribution in [2.75, 3.05) is 33.4 Å². The van der Waals surface area contributed by atoms with E-state index in [0.29, 0.717) is 18.7 Å². The summed E-state index contributed by atoms with van der Waals surface area (Å²) < 4.78 is 5.30. The Balaban J connectivity index is 0.00000576. The molecule has 25 heavy (non-hydrogen) atoms. The van der Waals surface area contributed by atoms with Gasteiger partial charge in [0.2, 0.25) is 0 Å². The molecule has 0 fully saturated rings. The van der Waals surface area contributed by atoms with E-state index in [0.717, 1.165) is 44.1 Å². The lowest BCUT2D eigenvalue weighted by molar-refractivity contribution is 0.0953. The van der Waals surface area contributed by atoms with E-state index in [1.54, 1.807) is 7.05 Å². The molecule has 7 heteroatoms. The Kier molecular flexibility index (Phi) is 14.1. The minimum absolute atomic E-state index is 0. The number of carbonyl (C=O) groups is 1. The summed E-state index contributed by atoms with van der Waals surface area (Å²) in [5.74, 6) is 0.712. The van der Waals surface area contributed by atoms with E-state index in [1.807, 2.05) is 38.1 Å². The van der Waals surface area contributed by atoms with Gasteiger partial charge in [-0.1, -0.05) is 19.1 Å². The van der Waals surface area contributed by atoms with Crippen molar-refractivity contribution in [1.82, 2.24) is 16.0 Å². The Morgan fingerprint density at radius 2 is 1.96 bits per heavy atom. The number of aliphatic imine (C=N–C) groups is 1. The maximum atomic E-state index is 12.0. The second kappa shape index (κ2) is 14.9. The number of rotatable bonds is 10. The van der Waals surface area contributed by atoms with Crippen molar-refractivity contribution in [3.05, 3.63) is 35.4 Å². The van der Waals surface area contributed by atoms with Gasteiger partial charge in [-0.3, -0.25) is 9.79 Å². The zero-order valence-electron chi connectivity index (χ0n) is 15.4. The predicted molar refractivity (Wildman–Crippen MR) is 114 cm³/mol. The van der Waals surface area contributed by atoms with Gasteiger partial charge in [0.15, 0.2) is 5.96 Å². The van der Waals surface area contributed by atoms with Crippen molar-refractivity contribution >= 4 is 35.8 Å². The van der Waals surface area contributed by atoms with Crippen molar-refractivity contribution in [3.63, 3.8) is 0 Å². The lowest BCUT2D eigenvalue weighted by Crippen LogP contribution is -2.37. The van der Waals surface area contributed by atoms with Gasteiger partial charge in [0.1, 0.15) is 0 Å². The van der Waals surface area contributed by atoms with Crippen LogP contribution in [0.4, 0.5) is 0 Å². The molecule has 1 amide bonds. The first-order valence-corrected chi connectivity index (χ1v) is 8.60. The third-order valence-electron chi connectivity index (χ3n) is 3.37. The summed E-state index contributed by atoms with van der Waals surface area (Å²) in [5.41, 5.74) is 1.72. The zero-order chi connectivity index (χ0) is 17.6. The van der Waals surface area contributed by atoms with Gasteiger partial charge >= 0.3 is 0 Å². The number of nitrogens with zero attached hydrogens (tertiary/aromatic N) is 1. The molecule has 0 unspecified atom stereocenters.